The highest BCUT2D eigenvalue weighted by Crippen LogP contribution is 2.31. The standard InChI is InChI=1S/C24H16N6O3S/c31-23-22(26-27-24-25-20(15-34-24)16-7-3-1-4-8-16)21(17-11-13-19(14-12-17)30(32)33)28-29(23)18-9-5-2-6-10-18/h1-15,28H. The first kappa shape index (κ1) is 21.2. The SMILES string of the molecule is O=c1c(N=Nc2nc(-c3ccccc3)cs2)c(-c2ccc([N+](=O)[O-])cc2)[nH]n1-c1ccccc1. The Labute approximate surface area is 196 Å². The summed E-state index contributed by atoms with van der Waals surface area (Å²) in [4.78, 5) is 28.3. The summed E-state index contributed by atoms with van der Waals surface area (Å²) in [5.74, 6) is 0. The van der Waals surface area contributed by atoms with E-state index < -0.39 is 10.5 Å². The second-order valence-electron chi connectivity index (χ2n) is 7.20. The zero-order chi connectivity index (χ0) is 23.5. The van der Waals surface area contributed by atoms with Crippen molar-refractivity contribution in [2.45, 2.75) is 0 Å². The number of rotatable bonds is 6. The molecule has 0 fully saturated rings. The van der Waals surface area contributed by atoms with Gasteiger partial charge >= 0.3 is 0 Å². The largest absolute Gasteiger partial charge is 0.299 e. The number of benzene rings is 3. The van der Waals surface area contributed by atoms with Crippen LogP contribution < -0.4 is 5.56 Å². The molecule has 0 bridgehead atoms. The number of H-pyrrole nitrogens is 1. The van der Waals surface area contributed by atoms with Gasteiger partial charge in [0.05, 0.1) is 22.0 Å². The van der Waals surface area contributed by atoms with Gasteiger partial charge in [0.1, 0.15) is 0 Å². The minimum atomic E-state index is -0.477. The van der Waals surface area contributed by atoms with E-state index in [1.807, 2.05) is 53.9 Å². The summed E-state index contributed by atoms with van der Waals surface area (Å²) in [6, 6.07) is 24.6. The molecule has 0 atom stereocenters. The third-order valence-corrected chi connectivity index (χ3v) is 5.77. The quantitative estimate of drug-likeness (QED) is 0.179. The van der Waals surface area contributed by atoms with E-state index in [1.165, 1.54) is 28.2 Å². The monoisotopic (exact) mass is 468 g/mol. The van der Waals surface area contributed by atoms with Crippen LogP contribution >= 0.6 is 11.3 Å². The van der Waals surface area contributed by atoms with Gasteiger partial charge in [0.15, 0.2) is 5.69 Å². The molecule has 3 aromatic carbocycles. The molecular weight excluding hydrogens is 452 g/mol. The fourth-order valence-corrected chi connectivity index (χ4v) is 4.02. The van der Waals surface area contributed by atoms with Crippen molar-refractivity contribution in [3.63, 3.8) is 0 Å². The van der Waals surface area contributed by atoms with Crippen molar-refractivity contribution in [1.82, 2.24) is 14.8 Å². The maximum atomic E-state index is 13.2. The van der Waals surface area contributed by atoms with Gasteiger partial charge in [-0.05, 0) is 24.3 Å². The normalized spacial score (nSPS) is 11.2. The van der Waals surface area contributed by atoms with Crippen molar-refractivity contribution >= 4 is 27.8 Å². The van der Waals surface area contributed by atoms with Crippen LogP contribution in [0.5, 0.6) is 0 Å². The van der Waals surface area contributed by atoms with Gasteiger partial charge in [0.2, 0.25) is 5.13 Å². The zero-order valence-corrected chi connectivity index (χ0v) is 18.3. The lowest BCUT2D eigenvalue weighted by Gasteiger charge is -2.01. The number of thiazole rings is 1. The topological polar surface area (TPSA) is 119 Å². The summed E-state index contributed by atoms with van der Waals surface area (Å²) in [5.41, 5.74) is 2.94. The number of hydrogen-bond acceptors (Lipinski definition) is 7. The van der Waals surface area contributed by atoms with Crippen molar-refractivity contribution in [3.8, 4) is 28.2 Å². The maximum absolute atomic E-state index is 13.2. The van der Waals surface area contributed by atoms with Crippen LogP contribution in [-0.2, 0) is 0 Å². The van der Waals surface area contributed by atoms with E-state index in [0.29, 0.717) is 22.1 Å². The van der Waals surface area contributed by atoms with Crippen LogP contribution in [0.4, 0.5) is 16.5 Å². The first-order valence-electron chi connectivity index (χ1n) is 10.2. The summed E-state index contributed by atoms with van der Waals surface area (Å²) in [5, 5.41) is 24.8. The zero-order valence-electron chi connectivity index (χ0n) is 17.5. The number of aromatic nitrogens is 3. The summed E-state index contributed by atoms with van der Waals surface area (Å²) >= 11 is 1.31. The third kappa shape index (κ3) is 4.17. The first-order valence-corrected chi connectivity index (χ1v) is 11.1. The van der Waals surface area contributed by atoms with Crippen LogP contribution in [0.3, 0.4) is 0 Å². The molecule has 1 N–H and O–H groups in total. The van der Waals surface area contributed by atoms with Gasteiger partial charge in [0, 0.05) is 28.6 Å². The molecule has 34 heavy (non-hydrogen) atoms. The molecule has 5 aromatic rings. The minimum Gasteiger partial charge on any atom is -0.288 e. The predicted octanol–water partition coefficient (Wildman–Crippen LogP) is 6.28. The third-order valence-electron chi connectivity index (χ3n) is 5.04. The van der Waals surface area contributed by atoms with Crippen molar-refractivity contribution in [2.75, 3.05) is 0 Å². The second kappa shape index (κ2) is 9.04. The van der Waals surface area contributed by atoms with E-state index in [0.717, 1.165) is 11.3 Å². The van der Waals surface area contributed by atoms with Gasteiger partial charge in [0.25, 0.3) is 11.2 Å². The molecule has 0 saturated carbocycles. The Morgan fingerprint density at radius 2 is 1.56 bits per heavy atom. The Hall–Kier alpha value is -4.70. The molecule has 9 nitrogen and oxygen atoms in total. The lowest BCUT2D eigenvalue weighted by atomic mass is 10.1. The van der Waals surface area contributed by atoms with E-state index in [4.69, 9.17) is 0 Å². The highest BCUT2D eigenvalue weighted by molar-refractivity contribution is 7.13. The highest BCUT2D eigenvalue weighted by atomic mass is 32.1. The number of nitrogens with one attached hydrogen (secondary N) is 1. The van der Waals surface area contributed by atoms with Crippen LogP contribution in [0.1, 0.15) is 0 Å². The lowest BCUT2D eigenvalue weighted by Crippen LogP contribution is -2.13. The Morgan fingerprint density at radius 1 is 0.882 bits per heavy atom. The van der Waals surface area contributed by atoms with Crippen LogP contribution in [-0.4, -0.2) is 19.7 Å². The molecule has 2 aromatic heterocycles. The van der Waals surface area contributed by atoms with E-state index in [-0.39, 0.29) is 11.4 Å². The molecule has 5 rings (SSSR count). The lowest BCUT2D eigenvalue weighted by molar-refractivity contribution is -0.384. The molecule has 2 heterocycles. The minimum absolute atomic E-state index is 0.0482. The van der Waals surface area contributed by atoms with E-state index >= 15 is 0 Å². The number of hydrogen-bond donors (Lipinski definition) is 1. The number of azo groups is 1. The molecule has 0 amide bonds. The summed E-state index contributed by atoms with van der Waals surface area (Å²) in [6.45, 7) is 0. The van der Waals surface area contributed by atoms with Gasteiger partial charge < -0.3 is 0 Å². The fourth-order valence-electron chi connectivity index (χ4n) is 3.38. The van der Waals surface area contributed by atoms with Gasteiger partial charge in [-0.15, -0.1) is 21.6 Å². The van der Waals surface area contributed by atoms with Gasteiger partial charge in [-0.25, -0.2) is 9.67 Å². The Morgan fingerprint density at radius 3 is 2.24 bits per heavy atom. The van der Waals surface area contributed by atoms with Crippen LogP contribution in [0.25, 0.3) is 28.2 Å². The molecule has 0 saturated heterocycles. The molecule has 0 aliphatic carbocycles. The van der Waals surface area contributed by atoms with Crippen LogP contribution in [0, 0.1) is 10.1 Å². The number of para-hydroxylation sites is 1. The number of non-ortho nitro benzene ring substituents is 1. The molecule has 0 spiro atoms. The van der Waals surface area contributed by atoms with E-state index in [1.54, 1.807) is 24.3 Å². The van der Waals surface area contributed by atoms with Crippen molar-refractivity contribution < 1.29 is 4.92 Å². The second-order valence-corrected chi connectivity index (χ2v) is 8.03. The average Bonchev–Trinajstić information content (AvgIpc) is 3.48. The summed E-state index contributed by atoms with van der Waals surface area (Å²) in [6.07, 6.45) is 0. The van der Waals surface area contributed by atoms with Crippen molar-refractivity contribution in [3.05, 3.63) is 111 Å². The number of nitrogens with zero attached hydrogens (tertiary/aromatic N) is 5. The summed E-state index contributed by atoms with van der Waals surface area (Å²) in [7, 11) is 0. The molecule has 0 unspecified atom stereocenters. The molecule has 0 aliphatic rings. The Kier molecular flexibility index (Phi) is 5.63. The first-order chi connectivity index (χ1) is 16.6. The number of nitro benzene ring substituents is 1. The Balaban J connectivity index is 1.56. The van der Waals surface area contributed by atoms with Crippen molar-refractivity contribution in [1.29, 1.82) is 0 Å². The highest BCUT2D eigenvalue weighted by Gasteiger charge is 2.18. The Bertz CT molecular complexity index is 1540. The number of aromatic amines is 1. The fraction of sp³-hybridized carbons (Fsp3) is 0. The number of nitro groups is 1. The van der Waals surface area contributed by atoms with Crippen LogP contribution in [0.15, 0.2) is 105 Å². The smallest absolute Gasteiger partial charge is 0.288 e. The summed E-state index contributed by atoms with van der Waals surface area (Å²) < 4.78 is 1.36. The van der Waals surface area contributed by atoms with Gasteiger partial charge in [-0.1, -0.05) is 48.5 Å². The molecule has 166 valence electrons. The van der Waals surface area contributed by atoms with Gasteiger partial charge in [-0.3, -0.25) is 20.0 Å². The van der Waals surface area contributed by atoms with Crippen LogP contribution in [0.2, 0.25) is 0 Å². The predicted molar refractivity (Wildman–Crippen MR) is 130 cm³/mol. The maximum Gasteiger partial charge on any atom is 0.299 e. The average molecular weight is 468 g/mol. The molecule has 0 aliphatic heterocycles. The molecule has 10 heteroatoms. The molecular formula is C24H16N6O3S. The van der Waals surface area contributed by atoms with Crippen molar-refractivity contribution in [2.24, 2.45) is 10.2 Å². The van der Waals surface area contributed by atoms with E-state index in [2.05, 4.69) is 20.3 Å². The van der Waals surface area contributed by atoms with Gasteiger partial charge in [-0.2, -0.15) is 0 Å². The van der Waals surface area contributed by atoms with E-state index in [9.17, 15) is 14.9 Å². The molecule has 0 radical (unpaired) electrons.